The maximum atomic E-state index is 13.1. The summed E-state index contributed by atoms with van der Waals surface area (Å²) in [5, 5.41) is 9.88. The van der Waals surface area contributed by atoms with Gasteiger partial charge in [-0.2, -0.15) is 4.89 Å². The quantitative estimate of drug-likeness (QED) is 0.303. The van der Waals surface area contributed by atoms with Gasteiger partial charge in [0, 0.05) is 10.4 Å². The molecule has 120 valence electrons. The molecule has 0 bridgehead atoms. The van der Waals surface area contributed by atoms with Crippen LogP contribution in [-0.2, 0) is 21.2 Å². The molecule has 23 heavy (non-hydrogen) atoms. The van der Waals surface area contributed by atoms with Gasteiger partial charge in [0.1, 0.15) is 5.56 Å². The van der Waals surface area contributed by atoms with E-state index in [-0.39, 0.29) is 5.97 Å². The molecule has 5 heteroatoms. The van der Waals surface area contributed by atoms with E-state index in [1.807, 2.05) is 74.2 Å². The van der Waals surface area contributed by atoms with Crippen molar-refractivity contribution in [3.63, 3.8) is 0 Å². The van der Waals surface area contributed by atoms with Crippen LogP contribution in [0.15, 0.2) is 54.6 Å². The molecule has 1 N–H and O–H groups in total. The van der Waals surface area contributed by atoms with E-state index in [1.54, 1.807) is 0 Å². The Balaban J connectivity index is 2.26. The first-order valence-electron chi connectivity index (χ1n) is 7.65. The molecule has 0 radical (unpaired) electrons. The highest BCUT2D eigenvalue weighted by atomic mass is 28.4. The SMILES string of the molecule is C[Si](C)(C)[O+]1C(=O)c2ccccc2CC1(OO)c1ccccc1. The van der Waals surface area contributed by atoms with Crippen molar-refractivity contribution in [1.29, 1.82) is 0 Å². The zero-order valence-electron chi connectivity index (χ0n) is 13.6. The summed E-state index contributed by atoms with van der Waals surface area (Å²) in [6.45, 7) is 6.13. The number of hydrogen-bond acceptors (Lipinski definition) is 3. The Morgan fingerprint density at radius 2 is 1.65 bits per heavy atom. The van der Waals surface area contributed by atoms with Gasteiger partial charge in [-0.25, -0.2) is 5.26 Å². The summed E-state index contributed by atoms with van der Waals surface area (Å²) in [6.07, 6.45) is 0.393. The largest absolute Gasteiger partial charge is 0.587 e. The maximum absolute atomic E-state index is 13.1. The van der Waals surface area contributed by atoms with Crippen LogP contribution in [0.25, 0.3) is 0 Å². The Labute approximate surface area is 137 Å². The highest BCUT2D eigenvalue weighted by Crippen LogP contribution is 2.45. The van der Waals surface area contributed by atoms with Gasteiger partial charge in [0.25, 0.3) is 5.79 Å². The summed E-state index contributed by atoms with van der Waals surface area (Å²) < 4.78 is 2.83. The molecule has 0 saturated heterocycles. The summed E-state index contributed by atoms with van der Waals surface area (Å²) in [6, 6.07) is 16.9. The number of benzene rings is 2. The van der Waals surface area contributed by atoms with Crippen LogP contribution in [0.1, 0.15) is 21.5 Å². The number of carbonyl (C=O) groups is 1. The standard InChI is InChI=1S/C18H20O4Si/c1-23(2,3)22-17(19)16-12-8-7-9-14(16)13-18(22,21-20)15-10-5-4-6-11-15/h4-12H,13H2,1-3H3/p+1. The summed E-state index contributed by atoms with van der Waals surface area (Å²) >= 11 is 0. The third-order valence-electron chi connectivity index (χ3n) is 4.15. The van der Waals surface area contributed by atoms with Gasteiger partial charge in [-0.3, -0.25) is 0 Å². The van der Waals surface area contributed by atoms with Crippen LogP contribution < -0.4 is 0 Å². The number of rotatable bonds is 3. The lowest BCUT2D eigenvalue weighted by Gasteiger charge is -2.50. The number of fused-ring (bicyclic) bond motifs is 1. The molecule has 0 amide bonds. The van der Waals surface area contributed by atoms with E-state index in [4.69, 9.17) is 4.89 Å². The monoisotopic (exact) mass is 329 g/mol. The van der Waals surface area contributed by atoms with Crippen LogP contribution in [0.4, 0.5) is 0 Å². The number of hydrogen-bond donors (Lipinski definition) is 1. The van der Waals surface area contributed by atoms with Crippen molar-refractivity contribution >= 4 is 14.3 Å². The first-order chi connectivity index (χ1) is 10.9. The predicted molar refractivity (Wildman–Crippen MR) is 90.7 cm³/mol. The third-order valence-corrected chi connectivity index (χ3v) is 5.89. The average Bonchev–Trinajstić information content (AvgIpc) is 2.54. The summed E-state index contributed by atoms with van der Waals surface area (Å²) in [4.78, 5) is 18.2. The molecule has 4 nitrogen and oxygen atoms in total. The van der Waals surface area contributed by atoms with Crippen LogP contribution in [0.5, 0.6) is 0 Å². The van der Waals surface area contributed by atoms with Gasteiger partial charge in [0.15, 0.2) is 0 Å². The van der Waals surface area contributed by atoms with E-state index in [0.717, 1.165) is 11.1 Å². The van der Waals surface area contributed by atoms with E-state index >= 15 is 0 Å². The van der Waals surface area contributed by atoms with Gasteiger partial charge in [-0.1, -0.05) is 36.4 Å². The molecule has 1 atom stereocenters. The second-order valence-corrected chi connectivity index (χ2v) is 11.4. The fourth-order valence-corrected chi connectivity index (χ4v) is 5.15. The molecule has 0 spiro atoms. The van der Waals surface area contributed by atoms with Crippen LogP contribution >= 0.6 is 0 Å². The molecule has 1 aliphatic rings. The van der Waals surface area contributed by atoms with Crippen LogP contribution in [0.2, 0.25) is 19.6 Å². The highest BCUT2D eigenvalue weighted by molar-refractivity contribution is 6.72. The Morgan fingerprint density at radius 3 is 2.26 bits per heavy atom. The number of carbonyl (C=O) groups excluding carboxylic acids is 1. The molecule has 1 aliphatic heterocycles. The van der Waals surface area contributed by atoms with Gasteiger partial charge in [-0.05, 0) is 43.4 Å². The lowest BCUT2D eigenvalue weighted by Crippen LogP contribution is -2.58. The molecule has 1 heterocycles. The maximum Gasteiger partial charge on any atom is 0.534 e. The second kappa shape index (κ2) is 5.60. The van der Waals surface area contributed by atoms with E-state index in [1.165, 1.54) is 0 Å². The van der Waals surface area contributed by atoms with Gasteiger partial charge in [-0.15, -0.1) is 0 Å². The molecule has 0 fully saturated rings. The van der Waals surface area contributed by atoms with Crippen molar-refractivity contribution in [1.82, 2.24) is 0 Å². The molecule has 2 aromatic rings. The fourth-order valence-electron chi connectivity index (χ4n) is 3.26. The second-order valence-electron chi connectivity index (χ2n) is 6.75. The summed E-state index contributed by atoms with van der Waals surface area (Å²) in [5.74, 6) is -1.42. The lowest BCUT2D eigenvalue weighted by atomic mass is 9.92. The van der Waals surface area contributed by atoms with E-state index in [9.17, 15) is 10.1 Å². The van der Waals surface area contributed by atoms with E-state index in [2.05, 4.69) is 4.06 Å². The summed E-state index contributed by atoms with van der Waals surface area (Å²) in [5.41, 5.74) is 2.28. The zero-order chi connectivity index (χ0) is 16.7. The smallest absolute Gasteiger partial charge is 0.534 e. The van der Waals surface area contributed by atoms with Crippen molar-refractivity contribution < 1.29 is 19.0 Å². The minimum absolute atomic E-state index is 0.163. The van der Waals surface area contributed by atoms with Crippen molar-refractivity contribution in [2.75, 3.05) is 0 Å². The van der Waals surface area contributed by atoms with Gasteiger partial charge in [0.2, 0.25) is 0 Å². The number of cyclic esters (lactones) is 1. The van der Waals surface area contributed by atoms with Gasteiger partial charge < -0.3 is 4.06 Å². The van der Waals surface area contributed by atoms with E-state index < -0.39 is 14.1 Å². The van der Waals surface area contributed by atoms with Crippen LogP contribution in [0.3, 0.4) is 0 Å². The molecule has 1 unspecified atom stereocenters. The first-order valence-corrected chi connectivity index (χ1v) is 11.1. The molecule has 2 aromatic carbocycles. The zero-order valence-corrected chi connectivity index (χ0v) is 14.6. The average molecular weight is 329 g/mol. The molecule has 0 saturated carbocycles. The van der Waals surface area contributed by atoms with Gasteiger partial charge in [0.05, 0.1) is 6.42 Å². The van der Waals surface area contributed by atoms with Crippen molar-refractivity contribution in [3.8, 4) is 0 Å². The summed E-state index contributed by atoms with van der Waals surface area (Å²) in [7, 11) is -2.21. The molecule has 0 aliphatic carbocycles. The van der Waals surface area contributed by atoms with Crippen molar-refractivity contribution in [2.45, 2.75) is 31.8 Å². The minimum atomic E-state index is -2.21. The molecular formula is C18H21O4Si+. The predicted octanol–water partition coefficient (Wildman–Crippen LogP) is 4.11. The molecular weight excluding hydrogens is 308 g/mol. The minimum Gasteiger partial charge on any atom is -0.587 e. The molecule has 3 rings (SSSR count). The van der Waals surface area contributed by atoms with Crippen molar-refractivity contribution in [3.05, 3.63) is 71.3 Å². The Hall–Kier alpha value is -1.95. The normalized spacial score (nSPS) is 21.2. The van der Waals surface area contributed by atoms with Crippen molar-refractivity contribution in [2.24, 2.45) is 0 Å². The topological polar surface area (TPSA) is 49.2 Å². The lowest BCUT2D eigenvalue weighted by molar-refractivity contribution is -0.423. The van der Waals surface area contributed by atoms with Gasteiger partial charge >= 0.3 is 14.3 Å². The van der Waals surface area contributed by atoms with E-state index in [0.29, 0.717) is 12.0 Å². The third kappa shape index (κ3) is 2.51. The van der Waals surface area contributed by atoms with Crippen LogP contribution in [0, 0.1) is 0 Å². The molecule has 0 aromatic heterocycles. The first kappa shape index (κ1) is 15.9. The van der Waals surface area contributed by atoms with Crippen LogP contribution in [-0.4, -0.2) is 19.5 Å². The highest BCUT2D eigenvalue weighted by Gasteiger charge is 2.57. The Morgan fingerprint density at radius 1 is 1.04 bits per heavy atom. The Bertz CT molecular complexity index is 723. The Kier molecular flexibility index (Phi) is 3.88. The fraction of sp³-hybridized carbons (Fsp3) is 0.278.